The van der Waals surface area contributed by atoms with Gasteiger partial charge >= 0.3 is 5.97 Å². The van der Waals surface area contributed by atoms with Crippen molar-refractivity contribution >= 4 is 89.5 Å². The van der Waals surface area contributed by atoms with Crippen molar-refractivity contribution < 1.29 is 82.8 Å². The first-order valence-corrected chi connectivity index (χ1v) is 24.5. The number of rotatable bonds is 38. The zero-order valence-electron chi connectivity index (χ0n) is 42.3. The summed E-state index contributed by atoms with van der Waals surface area (Å²) in [6, 6.07) is -16.3. The first-order valence-electron chi connectivity index (χ1n) is 23.9. The van der Waals surface area contributed by atoms with E-state index in [0.717, 1.165) is 0 Å². The molecule has 0 aromatic heterocycles. The normalized spacial score (nSPS) is 15.8. The monoisotopic (exact) mass is 1090 g/mol. The molecule has 0 saturated carbocycles. The molecule has 0 aliphatic heterocycles. The van der Waals surface area contributed by atoms with Gasteiger partial charge in [0.2, 0.25) is 70.9 Å². The number of hydrogen-bond donors (Lipinski definition) is 19. The van der Waals surface area contributed by atoms with Crippen molar-refractivity contribution in [3.63, 3.8) is 0 Å². The minimum atomic E-state index is -1.85. The summed E-state index contributed by atoms with van der Waals surface area (Å²) in [6.07, 6.45) is -1.09. The maximum Gasteiger partial charge on any atom is 0.326 e. The van der Waals surface area contributed by atoms with Gasteiger partial charge in [-0.15, -0.1) is 0 Å². The first-order chi connectivity index (χ1) is 35.2. The topological polar surface area (TPSA) is 541 Å². The average Bonchev–Trinajstić information content (AvgIpc) is 3.35. The quantitative estimate of drug-likeness (QED) is 0.0202. The van der Waals surface area contributed by atoms with E-state index in [1.807, 2.05) is 0 Å². The Balaban J connectivity index is 6.20. The number of unbranched alkanes of at least 4 members (excludes halogenated alkanes) is 1. The highest BCUT2D eigenvalue weighted by Crippen LogP contribution is 2.12. The smallest absolute Gasteiger partial charge is 0.326 e. The lowest BCUT2D eigenvalue weighted by atomic mass is 9.97. The Bertz CT molecular complexity index is 2000. The van der Waals surface area contributed by atoms with E-state index in [2.05, 4.69) is 60.5 Å². The van der Waals surface area contributed by atoms with E-state index in [4.69, 9.17) is 28.7 Å². The maximum absolute atomic E-state index is 13.6. The largest absolute Gasteiger partial charge is 0.480 e. The number of aliphatic hydroxyl groups is 3. The number of carboxylic acids is 1. The minimum absolute atomic E-state index is 0.0275. The molecule has 0 aliphatic carbocycles. The molecule has 0 aromatic rings. The van der Waals surface area contributed by atoms with Gasteiger partial charge in [-0.25, -0.2) is 4.79 Å². The van der Waals surface area contributed by atoms with Crippen LogP contribution >= 0.6 is 12.6 Å². The summed E-state index contributed by atoms with van der Waals surface area (Å²) in [5.74, 6) is -16.1. The van der Waals surface area contributed by atoms with Crippen LogP contribution in [0.1, 0.15) is 85.5 Å². The molecule has 32 heteroatoms. The molecule has 426 valence electrons. The Morgan fingerprint density at radius 1 is 0.453 bits per heavy atom. The molecule has 0 fully saturated rings. The van der Waals surface area contributed by atoms with Crippen molar-refractivity contribution in [1.82, 2.24) is 47.9 Å². The molecule has 0 aliphatic rings. The Labute approximate surface area is 437 Å². The molecule has 0 unspecified atom stereocenters. The zero-order chi connectivity index (χ0) is 57.7. The molecular formula is C43H76N14O17S. The van der Waals surface area contributed by atoms with E-state index in [1.54, 1.807) is 13.8 Å². The molecule has 12 amide bonds. The van der Waals surface area contributed by atoms with Crippen molar-refractivity contribution in [2.45, 2.75) is 146 Å². The summed E-state index contributed by atoms with van der Waals surface area (Å²) < 4.78 is 0. The van der Waals surface area contributed by atoms with Crippen LogP contribution in [0.25, 0.3) is 0 Å². The molecule has 0 radical (unpaired) electrons. The van der Waals surface area contributed by atoms with Crippen LogP contribution in [0.5, 0.6) is 0 Å². The van der Waals surface area contributed by atoms with Gasteiger partial charge in [-0.05, 0) is 44.1 Å². The van der Waals surface area contributed by atoms with Crippen LogP contribution in [-0.2, 0) is 62.3 Å². The Kier molecular flexibility index (Phi) is 32.3. The summed E-state index contributed by atoms with van der Waals surface area (Å²) in [7, 11) is 0. The molecule has 12 atom stereocenters. The number of hydrogen-bond acceptors (Lipinski definition) is 19. The third-order valence-corrected chi connectivity index (χ3v) is 11.9. The molecule has 0 aromatic carbocycles. The molecular weight excluding hydrogens is 1020 g/mol. The first kappa shape index (κ1) is 68.3. The van der Waals surface area contributed by atoms with E-state index in [9.17, 15) is 82.8 Å². The summed E-state index contributed by atoms with van der Waals surface area (Å²) in [5.41, 5.74) is 26.9. The van der Waals surface area contributed by atoms with E-state index in [-0.39, 0.29) is 19.4 Å². The highest BCUT2D eigenvalue weighted by molar-refractivity contribution is 7.80. The van der Waals surface area contributed by atoms with Gasteiger partial charge in [0.25, 0.3) is 0 Å². The number of thiol groups is 1. The fraction of sp³-hybridized carbons (Fsp3) is 0.698. The molecule has 75 heavy (non-hydrogen) atoms. The number of nitrogens with one attached hydrogen (secondary N) is 9. The maximum atomic E-state index is 13.6. The van der Waals surface area contributed by atoms with Crippen molar-refractivity contribution in [2.75, 3.05) is 32.1 Å². The lowest BCUT2D eigenvalue weighted by molar-refractivity contribution is -0.144. The van der Waals surface area contributed by atoms with Gasteiger partial charge in [0.15, 0.2) is 0 Å². The Morgan fingerprint density at radius 2 is 0.813 bits per heavy atom. The summed E-state index contributed by atoms with van der Waals surface area (Å²) >= 11 is 4.06. The van der Waals surface area contributed by atoms with Gasteiger partial charge < -0.3 is 96.9 Å². The van der Waals surface area contributed by atoms with Gasteiger partial charge in [-0.3, -0.25) is 57.5 Å². The van der Waals surface area contributed by atoms with Gasteiger partial charge in [-0.2, -0.15) is 12.6 Å². The molecule has 31 nitrogen and oxygen atoms in total. The number of amides is 12. The van der Waals surface area contributed by atoms with Crippen LogP contribution in [0, 0.1) is 11.8 Å². The number of aliphatic hydroxyl groups excluding tert-OH is 3. The molecule has 23 N–H and O–H groups in total. The number of carboxylic acid groups (broad SMARTS) is 1. The molecule has 0 heterocycles. The van der Waals surface area contributed by atoms with Gasteiger partial charge in [0, 0.05) is 12.2 Å². The van der Waals surface area contributed by atoms with E-state index in [0.29, 0.717) is 19.3 Å². The summed E-state index contributed by atoms with van der Waals surface area (Å²) in [6.45, 7) is 3.23. The highest BCUT2D eigenvalue weighted by atomic mass is 32.1. The van der Waals surface area contributed by atoms with Crippen molar-refractivity contribution in [2.24, 2.45) is 40.5 Å². The number of carbonyl (C=O) groups is 13. The summed E-state index contributed by atoms with van der Waals surface area (Å²) in [5, 5.41) is 60.2. The number of primary amides is 3. The van der Waals surface area contributed by atoms with Crippen LogP contribution in [0.3, 0.4) is 0 Å². The predicted molar refractivity (Wildman–Crippen MR) is 266 cm³/mol. The third kappa shape index (κ3) is 24.9. The van der Waals surface area contributed by atoms with Crippen LogP contribution < -0.4 is 76.5 Å². The molecule has 0 saturated heterocycles. The standard InChI is InChI=1S/C43H76N14O17S/c1-5-19(3)32(42(72)54-26(16-59)38(68)51-24(14-31(48)63)37(67)57-33(43(73)74)20(4)6-2)56-40(70)27(17-60)53-41(71)28(18-75)55-39(69)25(15-58)52-36(66)23(10-11-29(46)61)50-35(65)22(9-7-8-12-44)49-34(64)21(45)13-30(47)62/h19-28,32-33,58-60,75H,5-18,44-45H2,1-4H3,(H2,46,61)(H2,47,62)(H2,48,63)(H,49,64)(H,50,65)(H,51,68)(H,52,66)(H,53,71)(H,54,72)(H,55,69)(H,56,70)(H,57,67)(H,73,74)/t19-,20-,21-,22-,23-,24-,25-,26-,27-,28-,32-,33-/m0/s1. The van der Waals surface area contributed by atoms with Crippen LogP contribution in [0.4, 0.5) is 0 Å². The molecule has 0 spiro atoms. The van der Waals surface area contributed by atoms with Crippen molar-refractivity contribution in [3.8, 4) is 0 Å². The SMILES string of the molecule is CC[C@H](C)[C@H](NC(=O)[C@H](CC(N)=O)NC(=O)[C@H](CO)NC(=O)[C@@H](NC(=O)[C@H](CO)NC(=O)[C@H](CS)NC(=O)[C@H](CO)NC(=O)[C@H](CCC(N)=O)NC(=O)[C@H](CCCCN)NC(=O)[C@@H](N)CC(N)=O)[C@@H](C)CC)C(=O)O. The van der Waals surface area contributed by atoms with Gasteiger partial charge in [0.05, 0.1) is 38.7 Å². The molecule has 0 bridgehead atoms. The van der Waals surface area contributed by atoms with Gasteiger partial charge in [0.1, 0.15) is 54.4 Å². The second kappa shape index (κ2) is 35.5. The van der Waals surface area contributed by atoms with E-state index in [1.165, 1.54) is 13.8 Å². The molecule has 0 rings (SSSR count). The van der Waals surface area contributed by atoms with Crippen LogP contribution in [-0.4, -0.2) is 190 Å². The average molecular weight is 1090 g/mol. The Hall–Kier alpha value is -6.74. The zero-order valence-corrected chi connectivity index (χ0v) is 43.2. The van der Waals surface area contributed by atoms with Gasteiger partial charge in [-0.1, -0.05) is 40.5 Å². The van der Waals surface area contributed by atoms with E-state index < -0.39 is 200 Å². The van der Waals surface area contributed by atoms with Crippen LogP contribution in [0.2, 0.25) is 0 Å². The summed E-state index contributed by atoms with van der Waals surface area (Å²) in [4.78, 5) is 167. The number of carbonyl (C=O) groups excluding carboxylic acids is 12. The lowest BCUT2D eigenvalue weighted by Gasteiger charge is -2.29. The van der Waals surface area contributed by atoms with E-state index >= 15 is 0 Å². The fourth-order valence-electron chi connectivity index (χ4n) is 6.61. The predicted octanol–water partition coefficient (Wildman–Crippen LogP) is -9.09. The third-order valence-electron chi connectivity index (χ3n) is 11.5. The van der Waals surface area contributed by atoms with Crippen LogP contribution in [0.15, 0.2) is 0 Å². The number of aliphatic carboxylic acids is 1. The lowest BCUT2D eigenvalue weighted by Crippen LogP contribution is -2.62. The minimum Gasteiger partial charge on any atom is -0.480 e. The Morgan fingerprint density at radius 3 is 1.24 bits per heavy atom. The highest BCUT2D eigenvalue weighted by Gasteiger charge is 2.37. The fourth-order valence-corrected chi connectivity index (χ4v) is 6.86. The second-order valence-electron chi connectivity index (χ2n) is 17.5. The van der Waals surface area contributed by atoms with Crippen molar-refractivity contribution in [3.05, 3.63) is 0 Å². The van der Waals surface area contributed by atoms with Crippen molar-refractivity contribution in [1.29, 1.82) is 0 Å². The second-order valence-corrected chi connectivity index (χ2v) is 17.8. The number of nitrogens with two attached hydrogens (primary N) is 5.